The van der Waals surface area contributed by atoms with Gasteiger partial charge < -0.3 is 9.32 Å². The molecule has 0 aliphatic heterocycles. The highest BCUT2D eigenvalue weighted by atomic mass is 32.2. The Morgan fingerprint density at radius 2 is 2.00 bits per heavy atom. The quantitative estimate of drug-likeness (QED) is 0.782. The summed E-state index contributed by atoms with van der Waals surface area (Å²) >= 11 is 1.55. The van der Waals surface area contributed by atoms with E-state index in [-0.39, 0.29) is 11.9 Å². The van der Waals surface area contributed by atoms with Crippen LogP contribution in [0.4, 0.5) is 0 Å². The van der Waals surface area contributed by atoms with E-state index in [1.54, 1.807) is 30.0 Å². The first-order valence-corrected chi connectivity index (χ1v) is 7.14. The molecule has 3 nitrogen and oxygen atoms in total. The van der Waals surface area contributed by atoms with Crippen molar-refractivity contribution >= 4 is 17.7 Å². The Morgan fingerprint density at radius 1 is 1.26 bits per heavy atom. The highest BCUT2D eigenvalue weighted by molar-refractivity contribution is 8.00. The third kappa shape index (κ3) is 3.64. The average molecular weight is 275 g/mol. The van der Waals surface area contributed by atoms with Crippen LogP contribution >= 0.6 is 11.8 Å². The number of hydrogen-bond donors (Lipinski definition) is 0. The van der Waals surface area contributed by atoms with Crippen LogP contribution in [-0.2, 0) is 4.79 Å². The van der Waals surface area contributed by atoms with E-state index in [2.05, 4.69) is 0 Å². The van der Waals surface area contributed by atoms with Crippen molar-refractivity contribution in [1.82, 2.24) is 4.90 Å². The summed E-state index contributed by atoms with van der Waals surface area (Å²) in [7, 11) is 1.81. The van der Waals surface area contributed by atoms with Crippen LogP contribution in [0.5, 0.6) is 0 Å². The zero-order valence-electron chi connectivity index (χ0n) is 11.1. The van der Waals surface area contributed by atoms with Crippen molar-refractivity contribution in [1.29, 1.82) is 0 Å². The third-order valence-corrected chi connectivity index (χ3v) is 4.03. The fraction of sp³-hybridized carbons (Fsp3) is 0.267. The van der Waals surface area contributed by atoms with E-state index in [4.69, 9.17) is 4.42 Å². The molecule has 0 spiro atoms. The monoisotopic (exact) mass is 275 g/mol. The molecule has 0 radical (unpaired) electrons. The van der Waals surface area contributed by atoms with Crippen LogP contribution in [0.1, 0.15) is 18.7 Å². The van der Waals surface area contributed by atoms with E-state index in [1.165, 1.54) is 0 Å². The van der Waals surface area contributed by atoms with Gasteiger partial charge in [-0.1, -0.05) is 18.2 Å². The summed E-state index contributed by atoms with van der Waals surface area (Å²) in [6, 6.07) is 13.6. The lowest BCUT2D eigenvalue weighted by Gasteiger charge is -2.23. The van der Waals surface area contributed by atoms with Gasteiger partial charge in [0.25, 0.3) is 0 Å². The second-order valence-electron chi connectivity index (χ2n) is 4.30. The first-order chi connectivity index (χ1) is 9.18. The molecule has 0 bridgehead atoms. The van der Waals surface area contributed by atoms with Crippen molar-refractivity contribution in [2.75, 3.05) is 12.8 Å². The molecule has 0 fully saturated rings. The van der Waals surface area contributed by atoms with Gasteiger partial charge in [0.05, 0.1) is 18.1 Å². The number of nitrogens with zero attached hydrogens (tertiary/aromatic N) is 1. The number of carbonyl (C=O) groups excluding carboxylic acids is 1. The summed E-state index contributed by atoms with van der Waals surface area (Å²) in [5.74, 6) is 1.34. The van der Waals surface area contributed by atoms with Gasteiger partial charge >= 0.3 is 0 Å². The molecule has 1 heterocycles. The van der Waals surface area contributed by atoms with Crippen LogP contribution in [0.15, 0.2) is 58.0 Å². The first-order valence-electron chi connectivity index (χ1n) is 6.15. The Balaban J connectivity index is 1.89. The average Bonchev–Trinajstić information content (AvgIpc) is 2.98. The van der Waals surface area contributed by atoms with Crippen molar-refractivity contribution in [3.05, 3.63) is 54.5 Å². The second kappa shape index (κ2) is 6.48. The standard InChI is InChI=1S/C15H17NO2S/c1-12(14-9-6-10-18-14)16(2)15(17)11-19-13-7-4-3-5-8-13/h3-10,12H,11H2,1-2H3. The lowest BCUT2D eigenvalue weighted by Crippen LogP contribution is -2.30. The molecule has 2 rings (SSSR count). The number of rotatable bonds is 5. The summed E-state index contributed by atoms with van der Waals surface area (Å²) < 4.78 is 5.33. The summed E-state index contributed by atoms with van der Waals surface area (Å²) in [6.45, 7) is 1.96. The number of benzene rings is 1. The van der Waals surface area contributed by atoms with Crippen molar-refractivity contribution in [3.63, 3.8) is 0 Å². The molecule has 0 saturated heterocycles. The van der Waals surface area contributed by atoms with Crippen molar-refractivity contribution in [3.8, 4) is 0 Å². The largest absolute Gasteiger partial charge is 0.467 e. The molecule has 1 amide bonds. The summed E-state index contributed by atoms with van der Waals surface area (Å²) in [6.07, 6.45) is 1.63. The van der Waals surface area contributed by atoms with Gasteiger partial charge in [-0.3, -0.25) is 4.79 Å². The molecule has 1 atom stereocenters. The van der Waals surface area contributed by atoms with Gasteiger partial charge in [-0.2, -0.15) is 0 Å². The maximum atomic E-state index is 12.1. The van der Waals surface area contributed by atoms with E-state index in [1.807, 2.05) is 49.4 Å². The first kappa shape index (κ1) is 13.7. The van der Waals surface area contributed by atoms with Gasteiger partial charge in [0.15, 0.2) is 0 Å². The number of hydrogen-bond acceptors (Lipinski definition) is 3. The highest BCUT2D eigenvalue weighted by Gasteiger charge is 2.19. The van der Waals surface area contributed by atoms with Crippen molar-refractivity contribution in [2.24, 2.45) is 0 Å². The van der Waals surface area contributed by atoms with Crippen LogP contribution in [0, 0.1) is 0 Å². The molecule has 1 aromatic carbocycles. The molecular formula is C15H17NO2S. The maximum absolute atomic E-state index is 12.1. The normalized spacial score (nSPS) is 12.1. The van der Waals surface area contributed by atoms with Crippen LogP contribution < -0.4 is 0 Å². The Bertz CT molecular complexity index is 510. The molecule has 0 aliphatic carbocycles. The number of carbonyl (C=O) groups is 1. The van der Waals surface area contributed by atoms with E-state index >= 15 is 0 Å². The smallest absolute Gasteiger partial charge is 0.233 e. The lowest BCUT2D eigenvalue weighted by molar-refractivity contribution is -0.129. The minimum absolute atomic E-state index is 0.0427. The van der Waals surface area contributed by atoms with Crippen molar-refractivity contribution in [2.45, 2.75) is 17.9 Å². The maximum Gasteiger partial charge on any atom is 0.233 e. The van der Waals surface area contributed by atoms with Crippen LogP contribution in [0.3, 0.4) is 0 Å². The van der Waals surface area contributed by atoms with Crippen molar-refractivity contribution < 1.29 is 9.21 Å². The van der Waals surface area contributed by atoms with Gasteiger partial charge in [0.1, 0.15) is 5.76 Å². The van der Waals surface area contributed by atoms with E-state index in [0.717, 1.165) is 10.7 Å². The molecule has 0 aliphatic rings. The molecule has 1 unspecified atom stereocenters. The fourth-order valence-corrected chi connectivity index (χ4v) is 2.54. The minimum atomic E-state index is -0.0427. The Morgan fingerprint density at radius 3 is 2.63 bits per heavy atom. The Labute approximate surface area is 117 Å². The zero-order valence-corrected chi connectivity index (χ0v) is 11.9. The predicted octanol–water partition coefficient (Wildman–Crippen LogP) is 3.59. The van der Waals surface area contributed by atoms with Crippen LogP contribution in [0.2, 0.25) is 0 Å². The molecule has 19 heavy (non-hydrogen) atoms. The molecular weight excluding hydrogens is 258 g/mol. The minimum Gasteiger partial charge on any atom is -0.467 e. The van der Waals surface area contributed by atoms with Crippen LogP contribution in [-0.4, -0.2) is 23.6 Å². The van der Waals surface area contributed by atoms with Gasteiger partial charge in [-0.25, -0.2) is 0 Å². The Kier molecular flexibility index (Phi) is 4.68. The topological polar surface area (TPSA) is 33.5 Å². The third-order valence-electron chi connectivity index (χ3n) is 3.03. The molecule has 2 aromatic rings. The highest BCUT2D eigenvalue weighted by Crippen LogP contribution is 2.22. The van der Waals surface area contributed by atoms with Gasteiger partial charge in [0.2, 0.25) is 5.91 Å². The number of furan rings is 1. The SMILES string of the molecule is CC(c1ccco1)N(C)C(=O)CSc1ccccc1. The van der Waals surface area contributed by atoms with E-state index in [9.17, 15) is 4.79 Å². The predicted molar refractivity (Wildman–Crippen MR) is 77.1 cm³/mol. The van der Waals surface area contributed by atoms with E-state index in [0.29, 0.717) is 5.75 Å². The van der Waals surface area contributed by atoms with Gasteiger partial charge in [0, 0.05) is 11.9 Å². The summed E-state index contributed by atoms with van der Waals surface area (Å²) in [5, 5.41) is 0. The van der Waals surface area contributed by atoms with Crippen LogP contribution in [0.25, 0.3) is 0 Å². The zero-order chi connectivity index (χ0) is 13.7. The molecule has 100 valence electrons. The van der Waals surface area contributed by atoms with E-state index < -0.39 is 0 Å². The number of thioether (sulfide) groups is 1. The summed E-state index contributed by atoms with van der Waals surface area (Å²) in [4.78, 5) is 14.9. The fourth-order valence-electron chi connectivity index (χ4n) is 1.70. The lowest BCUT2D eigenvalue weighted by atomic mass is 10.2. The molecule has 0 N–H and O–H groups in total. The number of amides is 1. The van der Waals surface area contributed by atoms with Gasteiger partial charge in [-0.15, -0.1) is 11.8 Å². The Hall–Kier alpha value is -1.68. The second-order valence-corrected chi connectivity index (χ2v) is 5.35. The summed E-state index contributed by atoms with van der Waals surface area (Å²) in [5.41, 5.74) is 0. The molecule has 0 saturated carbocycles. The molecule has 4 heteroatoms. The van der Waals surface area contributed by atoms with Gasteiger partial charge in [-0.05, 0) is 31.2 Å². The molecule has 1 aromatic heterocycles.